The van der Waals surface area contributed by atoms with Gasteiger partial charge in [0.05, 0.1) is 5.02 Å². The zero-order valence-electron chi connectivity index (χ0n) is 10.4. The van der Waals surface area contributed by atoms with Crippen LogP contribution in [-0.4, -0.2) is 20.6 Å². The molecule has 1 fully saturated rings. The predicted octanol–water partition coefficient (Wildman–Crippen LogP) is 3.37. The van der Waals surface area contributed by atoms with Crippen molar-refractivity contribution in [2.45, 2.75) is 38.6 Å². The summed E-state index contributed by atoms with van der Waals surface area (Å²) in [7, 11) is 0. The summed E-state index contributed by atoms with van der Waals surface area (Å²) in [6.45, 7) is 2.22. The van der Waals surface area contributed by atoms with Crippen molar-refractivity contribution in [1.29, 1.82) is 0 Å². The molecule has 0 aliphatic heterocycles. The van der Waals surface area contributed by atoms with Crippen LogP contribution in [-0.2, 0) is 0 Å². The van der Waals surface area contributed by atoms with Crippen molar-refractivity contribution in [2.24, 2.45) is 5.92 Å². The summed E-state index contributed by atoms with van der Waals surface area (Å²) in [6.07, 6.45) is 7.10. The van der Waals surface area contributed by atoms with Crippen molar-refractivity contribution in [3.05, 3.63) is 23.4 Å². The molecule has 2 aromatic rings. The molecule has 1 aliphatic carbocycles. The molecule has 4 nitrogen and oxygen atoms in total. The van der Waals surface area contributed by atoms with Crippen LogP contribution in [0.5, 0.6) is 0 Å². The first kappa shape index (κ1) is 11.8. The van der Waals surface area contributed by atoms with Gasteiger partial charge in [0.2, 0.25) is 5.95 Å². The number of aromatic nitrogens is 3. The molecule has 1 saturated carbocycles. The first-order valence-electron chi connectivity index (χ1n) is 6.51. The number of hydrogen-bond acceptors (Lipinski definition) is 3. The average molecular weight is 265 g/mol. The highest BCUT2D eigenvalue weighted by atomic mass is 35.5. The van der Waals surface area contributed by atoms with Crippen LogP contribution >= 0.6 is 11.6 Å². The molecule has 0 radical (unpaired) electrons. The molecule has 0 amide bonds. The number of nitrogens with one attached hydrogen (secondary N) is 1. The molecule has 0 aromatic carbocycles. The maximum absolute atomic E-state index is 5.93. The van der Waals surface area contributed by atoms with Gasteiger partial charge < -0.3 is 5.32 Å². The van der Waals surface area contributed by atoms with E-state index >= 15 is 0 Å². The Hall–Kier alpha value is -1.29. The Bertz CT molecular complexity index is 545. The number of rotatable bonds is 3. The van der Waals surface area contributed by atoms with Crippen molar-refractivity contribution < 1.29 is 0 Å². The number of anilines is 1. The number of halogens is 1. The lowest BCUT2D eigenvalue weighted by Gasteiger charge is -2.18. The van der Waals surface area contributed by atoms with Crippen LogP contribution in [0.25, 0.3) is 5.65 Å². The number of fused-ring (bicyclic) bond motifs is 1. The molecule has 1 aliphatic rings. The second-order valence-corrected chi connectivity index (χ2v) is 5.50. The summed E-state index contributed by atoms with van der Waals surface area (Å²) in [4.78, 5) is 4.45. The Morgan fingerprint density at radius 1 is 1.39 bits per heavy atom. The minimum atomic E-state index is 0.431. The van der Waals surface area contributed by atoms with E-state index in [1.165, 1.54) is 25.7 Å². The van der Waals surface area contributed by atoms with Gasteiger partial charge in [0.1, 0.15) is 0 Å². The van der Waals surface area contributed by atoms with Crippen LogP contribution in [0.4, 0.5) is 5.95 Å². The van der Waals surface area contributed by atoms with Crippen LogP contribution in [0, 0.1) is 5.92 Å². The van der Waals surface area contributed by atoms with Gasteiger partial charge in [0.25, 0.3) is 0 Å². The second-order valence-electron chi connectivity index (χ2n) is 5.06. The van der Waals surface area contributed by atoms with E-state index in [9.17, 15) is 0 Å². The molecule has 1 atom stereocenters. The Labute approximate surface area is 111 Å². The van der Waals surface area contributed by atoms with Gasteiger partial charge in [-0.05, 0) is 37.8 Å². The van der Waals surface area contributed by atoms with E-state index in [1.54, 1.807) is 10.7 Å². The number of pyridine rings is 1. The fourth-order valence-electron chi connectivity index (χ4n) is 2.70. The lowest BCUT2D eigenvalue weighted by atomic mass is 10.0. The Balaban J connectivity index is 1.77. The first-order chi connectivity index (χ1) is 8.72. The Morgan fingerprint density at radius 2 is 2.17 bits per heavy atom. The van der Waals surface area contributed by atoms with Gasteiger partial charge in [0.15, 0.2) is 5.65 Å². The van der Waals surface area contributed by atoms with E-state index in [-0.39, 0.29) is 0 Å². The lowest BCUT2D eigenvalue weighted by Crippen LogP contribution is -2.24. The average Bonchev–Trinajstić information content (AvgIpc) is 2.95. The summed E-state index contributed by atoms with van der Waals surface area (Å²) >= 11 is 5.93. The van der Waals surface area contributed by atoms with E-state index < -0.39 is 0 Å². The summed E-state index contributed by atoms with van der Waals surface area (Å²) in [5, 5.41) is 8.47. The van der Waals surface area contributed by atoms with Gasteiger partial charge in [-0.15, -0.1) is 5.10 Å². The van der Waals surface area contributed by atoms with E-state index in [1.807, 2.05) is 12.1 Å². The topological polar surface area (TPSA) is 42.2 Å². The summed E-state index contributed by atoms with van der Waals surface area (Å²) in [6, 6.07) is 4.14. The smallest absolute Gasteiger partial charge is 0.243 e. The monoisotopic (exact) mass is 264 g/mol. The summed E-state index contributed by atoms with van der Waals surface area (Å²) in [5.41, 5.74) is 0.820. The van der Waals surface area contributed by atoms with Gasteiger partial charge >= 0.3 is 0 Å². The molecule has 0 spiro atoms. The third-order valence-corrected chi connectivity index (χ3v) is 3.98. The third kappa shape index (κ3) is 2.29. The van der Waals surface area contributed by atoms with Gasteiger partial charge in [-0.25, -0.2) is 4.52 Å². The molecule has 3 rings (SSSR count). The van der Waals surface area contributed by atoms with E-state index in [0.717, 1.165) is 11.6 Å². The summed E-state index contributed by atoms with van der Waals surface area (Å²) in [5.74, 6) is 1.44. The van der Waals surface area contributed by atoms with Crippen molar-refractivity contribution in [3.8, 4) is 0 Å². The second kappa shape index (κ2) is 4.76. The van der Waals surface area contributed by atoms with E-state index in [0.29, 0.717) is 17.0 Å². The molecule has 96 valence electrons. The molecule has 1 unspecified atom stereocenters. The minimum Gasteiger partial charge on any atom is -0.350 e. The van der Waals surface area contributed by atoms with E-state index in [4.69, 9.17) is 11.6 Å². The van der Waals surface area contributed by atoms with Gasteiger partial charge in [-0.1, -0.05) is 24.4 Å². The fourth-order valence-corrected chi connectivity index (χ4v) is 2.85. The van der Waals surface area contributed by atoms with Crippen LogP contribution in [0.1, 0.15) is 32.6 Å². The molecule has 5 heteroatoms. The Morgan fingerprint density at radius 3 is 2.94 bits per heavy atom. The van der Waals surface area contributed by atoms with Crippen LogP contribution < -0.4 is 5.32 Å². The molecule has 0 bridgehead atoms. The van der Waals surface area contributed by atoms with Crippen molar-refractivity contribution in [1.82, 2.24) is 14.6 Å². The number of hydrogen-bond donors (Lipinski definition) is 1. The predicted molar refractivity (Wildman–Crippen MR) is 73.0 cm³/mol. The standard InChI is InChI=1S/C13H17ClN4/c1-9(10-4-2-3-5-10)15-13-16-12-7-6-11(14)8-18(12)17-13/h6-10H,2-5H2,1H3,(H,15,17). The first-order valence-corrected chi connectivity index (χ1v) is 6.88. The van der Waals surface area contributed by atoms with Gasteiger partial charge in [-0.2, -0.15) is 4.98 Å². The molecule has 2 aromatic heterocycles. The zero-order chi connectivity index (χ0) is 12.5. The molecule has 0 saturated heterocycles. The van der Waals surface area contributed by atoms with Gasteiger partial charge in [-0.3, -0.25) is 0 Å². The maximum atomic E-state index is 5.93. The maximum Gasteiger partial charge on any atom is 0.243 e. The molecular weight excluding hydrogens is 248 g/mol. The lowest BCUT2D eigenvalue weighted by molar-refractivity contribution is 0.480. The normalized spacial score (nSPS) is 18.3. The largest absolute Gasteiger partial charge is 0.350 e. The van der Waals surface area contributed by atoms with Crippen LogP contribution in [0.3, 0.4) is 0 Å². The van der Waals surface area contributed by atoms with Crippen molar-refractivity contribution >= 4 is 23.2 Å². The van der Waals surface area contributed by atoms with Crippen molar-refractivity contribution in [2.75, 3.05) is 5.32 Å². The third-order valence-electron chi connectivity index (χ3n) is 3.76. The molecule has 1 N–H and O–H groups in total. The summed E-state index contributed by atoms with van der Waals surface area (Å²) < 4.78 is 1.71. The molecule has 2 heterocycles. The highest BCUT2D eigenvalue weighted by Crippen LogP contribution is 2.28. The quantitative estimate of drug-likeness (QED) is 0.924. The minimum absolute atomic E-state index is 0.431. The van der Waals surface area contributed by atoms with Crippen LogP contribution in [0.2, 0.25) is 5.02 Å². The van der Waals surface area contributed by atoms with Crippen LogP contribution in [0.15, 0.2) is 18.3 Å². The Kier molecular flexibility index (Phi) is 3.12. The molecular formula is C13H17ClN4. The zero-order valence-corrected chi connectivity index (χ0v) is 11.2. The molecule has 18 heavy (non-hydrogen) atoms. The van der Waals surface area contributed by atoms with Crippen molar-refractivity contribution in [3.63, 3.8) is 0 Å². The number of nitrogens with zero attached hydrogens (tertiary/aromatic N) is 3. The van der Waals surface area contributed by atoms with E-state index in [2.05, 4.69) is 22.3 Å². The fraction of sp³-hybridized carbons (Fsp3) is 0.538. The van der Waals surface area contributed by atoms with Gasteiger partial charge in [0, 0.05) is 12.2 Å². The highest BCUT2D eigenvalue weighted by molar-refractivity contribution is 6.30. The highest BCUT2D eigenvalue weighted by Gasteiger charge is 2.22. The SMILES string of the molecule is CC(Nc1nc2ccc(Cl)cn2n1)C1CCCC1.